The standard InChI is InChI=1S/C18H23NO/c1-15(13-16-7-3-2-4-8-16)19-18-11-5-9-17(14-18)10-6-12-20/h2-5,7-9,11,14-15,19-20H,6,10,12-13H2,1H3. The van der Waals surface area contributed by atoms with Crippen LogP contribution in [0.2, 0.25) is 0 Å². The first-order chi connectivity index (χ1) is 9.78. The smallest absolute Gasteiger partial charge is 0.0434 e. The minimum absolute atomic E-state index is 0.252. The van der Waals surface area contributed by atoms with E-state index in [9.17, 15) is 0 Å². The summed E-state index contributed by atoms with van der Waals surface area (Å²) in [6.07, 6.45) is 2.77. The zero-order valence-corrected chi connectivity index (χ0v) is 12.0. The lowest BCUT2D eigenvalue weighted by molar-refractivity contribution is 0.288. The Morgan fingerprint density at radius 1 is 1.00 bits per heavy atom. The minimum atomic E-state index is 0.252. The van der Waals surface area contributed by atoms with Crippen LogP contribution in [0, 0.1) is 0 Å². The fourth-order valence-corrected chi connectivity index (χ4v) is 2.40. The van der Waals surface area contributed by atoms with Crippen molar-refractivity contribution in [3.8, 4) is 0 Å². The molecule has 0 aliphatic heterocycles. The number of benzene rings is 2. The maximum Gasteiger partial charge on any atom is 0.0434 e. The van der Waals surface area contributed by atoms with Crippen LogP contribution in [0.1, 0.15) is 24.5 Å². The van der Waals surface area contributed by atoms with E-state index in [1.54, 1.807) is 0 Å². The number of anilines is 1. The van der Waals surface area contributed by atoms with Crippen LogP contribution in [0.15, 0.2) is 54.6 Å². The van der Waals surface area contributed by atoms with Crippen molar-refractivity contribution in [1.29, 1.82) is 0 Å². The Balaban J connectivity index is 1.92. The lowest BCUT2D eigenvalue weighted by Gasteiger charge is -2.16. The molecule has 20 heavy (non-hydrogen) atoms. The second-order valence-electron chi connectivity index (χ2n) is 5.26. The van der Waals surface area contributed by atoms with Crippen molar-refractivity contribution in [2.24, 2.45) is 0 Å². The van der Waals surface area contributed by atoms with Crippen LogP contribution in [0.4, 0.5) is 5.69 Å². The number of aryl methyl sites for hydroxylation is 1. The molecule has 1 unspecified atom stereocenters. The van der Waals surface area contributed by atoms with Crippen molar-refractivity contribution >= 4 is 5.69 Å². The highest BCUT2D eigenvalue weighted by Gasteiger charge is 2.04. The van der Waals surface area contributed by atoms with Crippen LogP contribution in [-0.4, -0.2) is 17.8 Å². The molecule has 0 aliphatic rings. The Labute approximate surface area is 121 Å². The summed E-state index contributed by atoms with van der Waals surface area (Å²) in [5.74, 6) is 0. The van der Waals surface area contributed by atoms with E-state index >= 15 is 0 Å². The van der Waals surface area contributed by atoms with Gasteiger partial charge in [0.15, 0.2) is 0 Å². The molecule has 2 aromatic carbocycles. The Bertz CT molecular complexity index is 510. The molecule has 0 radical (unpaired) electrons. The summed E-state index contributed by atoms with van der Waals surface area (Å²) in [5.41, 5.74) is 3.78. The van der Waals surface area contributed by atoms with Gasteiger partial charge in [-0.25, -0.2) is 0 Å². The maximum absolute atomic E-state index is 8.89. The fraction of sp³-hybridized carbons (Fsp3) is 0.333. The number of aliphatic hydroxyl groups is 1. The Morgan fingerprint density at radius 2 is 1.75 bits per heavy atom. The predicted octanol–water partition coefficient (Wildman–Crippen LogP) is 3.65. The maximum atomic E-state index is 8.89. The third-order valence-corrected chi connectivity index (χ3v) is 3.35. The SMILES string of the molecule is CC(Cc1ccccc1)Nc1cccc(CCCO)c1. The molecule has 0 heterocycles. The van der Waals surface area contributed by atoms with Gasteiger partial charge >= 0.3 is 0 Å². The molecule has 106 valence electrons. The Morgan fingerprint density at radius 3 is 2.50 bits per heavy atom. The topological polar surface area (TPSA) is 32.3 Å². The van der Waals surface area contributed by atoms with Crippen molar-refractivity contribution in [3.05, 3.63) is 65.7 Å². The van der Waals surface area contributed by atoms with Crippen LogP contribution in [0.3, 0.4) is 0 Å². The normalized spacial score (nSPS) is 12.1. The van der Waals surface area contributed by atoms with E-state index in [1.807, 2.05) is 6.07 Å². The summed E-state index contributed by atoms with van der Waals surface area (Å²) in [6, 6.07) is 19.4. The van der Waals surface area contributed by atoms with E-state index < -0.39 is 0 Å². The molecule has 1 atom stereocenters. The number of rotatable bonds is 7. The first kappa shape index (κ1) is 14.6. The van der Waals surface area contributed by atoms with Crippen LogP contribution in [0.25, 0.3) is 0 Å². The molecule has 0 saturated heterocycles. The van der Waals surface area contributed by atoms with E-state index in [-0.39, 0.29) is 6.61 Å². The second kappa shape index (κ2) is 7.71. The molecule has 0 aliphatic carbocycles. The third-order valence-electron chi connectivity index (χ3n) is 3.35. The van der Waals surface area contributed by atoms with Crippen molar-refractivity contribution in [2.75, 3.05) is 11.9 Å². The predicted molar refractivity (Wildman–Crippen MR) is 85.1 cm³/mol. The van der Waals surface area contributed by atoms with Gasteiger partial charge in [0.25, 0.3) is 0 Å². The lowest BCUT2D eigenvalue weighted by Crippen LogP contribution is -2.18. The third kappa shape index (κ3) is 4.71. The van der Waals surface area contributed by atoms with Gasteiger partial charge in [-0.1, -0.05) is 42.5 Å². The second-order valence-corrected chi connectivity index (χ2v) is 5.26. The zero-order valence-electron chi connectivity index (χ0n) is 12.0. The molecular weight excluding hydrogens is 246 g/mol. The molecule has 2 nitrogen and oxygen atoms in total. The summed E-state index contributed by atoms with van der Waals surface area (Å²) in [4.78, 5) is 0. The van der Waals surface area contributed by atoms with Gasteiger partial charge in [-0.05, 0) is 49.4 Å². The molecule has 0 fully saturated rings. The highest BCUT2D eigenvalue weighted by atomic mass is 16.2. The summed E-state index contributed by atoms with van der Waals surface area (Å²) < 4.78 is 0. The molecule has 0 aromatic heterocycles. The molecule has 0 spiro atoms. The average molecular weight is 269 g/mol. The summed E-state index contributed by atoms with van der Waals surface area (Å²) in [6.45, 7) is 2.45. The Kier molecular flexibility index (Phi) is 5.63. The molecule has 0 bridgehead atoms. The summed E-state index contributed by atoms with van der Waals surface area (Å²) in [5, 5.41) is 12.4. The molecule has 0 amide bonds. The van der Waals surface area contributed by atoms with E-state index in [2.05, 4.69) is 60.8 Å². The average Bonchev–Trinajstić information content (AvgIpc) is 2.46. The first-order valence-electron chi connectivity index (χ1n) is 7.28. The number of nitrogens with one attached hydrogen (secondary N) is 1. The highest BCUT2D eigenvalue weighted by molar-refractivity contribution is 5.46. The molecule has 2 rings (SSSR count). The Hall–Kier alpha value is -1.80. The molecule has 2 N–H and O–H groups in total. The first-order valence-corrected chi connectivity index (χ1v) is 7.28. The molecular formula is C18H23NO. The number of aliphatic hydroxyl groups excluding tert-OH is 1. The van der Waals surface area contributed by atoms with Crippen LogP contribution < -0.4 is 5.32 Å². The number of hydrogen-bond acceptors (Lipinski definition) is 2. The van der Waals surface area contributed by atoms with Gasteiger partial charge in [0, 0.05) is 18.3 Å². The van der Waals surface area contributed by atoms with Crippen LogP contribution >= 0.6 is 0 Å². The van der Waals surface area contributed by atoms with E-state index in [0.717, 1.165) is 24.9 Å². The molecule has 0 saturated carbocycles. The molecule has 2 aromatic rings. The van der Waals surface area contributed by atoms with Gasteiger partial charge in [0.1, 0.15) is 0 Å². The van der Waals surface area contributed by atoms with Crippen molar-refractivity contribution in [2.45, 2.75) is 32.2 Å². The minimum Gasteiger partial charge on any atom is -0.396 e. The van der Waals surface area contributed by atoms with Gasteiger partial charge in [-0.15, -0.1) is 0 Å². The summed E-state index contributed by atoms with van der Waals surface area (Å²) >= 11 is 0. The van der Waals surface area contributed by atoms with Crippen LogP contribution in [0.5, 0.6) is 0 Å². The summed E-state index contributed by atoms with van der Waals surface area (Å²) in [7, 11) is 0. The van der Waals surface area contributed by atoms with Gasteiger partial charge in [0.05, 0.1) is 0 Å². The van der Waals surface area contributed by atoms with Crippen molar-refractivity contribution in [3.63, 3.8) is 0 Å². The van der Waals surface area contributed by atoms with E-state index in [0.29, 0.717) is 6.04 Å². The highest BCUT2D eigenvalue weighted by Crippen LogP contribution is 2.14. The molecule has 2 heteroatoms. The van der Waals surface area contributed by atoms with Crippen molar-refractivity contribution < 1.29 is 5.11 Å². The largest absolute Gasteiger partial charge is 0.396 e. The van der Waals surface area contributed by atoms with Gasteiger partial charge in [0.2, 0.25) is 0 Å². The van der Waals surface area contributed by atoms with Crippen LogP contribution in [-0.2, 0) is 12.8 Å². The lowest BCUT2D eigenvalue weighted by atomic mass is 10.1. The van der Waals surface area contributed by atoms with E-state index in [4.69, 9.17) is 5.11 Å². The van der Waals surface area contributed by atoms with Gasteiger partial charge < -0.3 is 10.4 Å². The fourth-order valence-electron chi connectivity index (χ4n) is 2.40. The van der Waals surface area contributed by atoms with Crippen molar-refractivity contribution in [1.82, 2.24) is 0 Å². The monoisotopic (exact) mass is 269 g/mol. The number of hydrogen-bond donors (Lipinski definition) is 2. The van der Waals surface area contributed by atoms with E-state index in [1.165, 1.54) is 11.1 Å². The quantitative estimate of drug-likeness (QED) is 0.804. The van der Waals surface area contributed by atoms with Gasteiger partial charge in [-0.2, -0.15) is 0 Å². The van der Waals surface area contributed by atoms with Gasteiger partial charge in [-0.3, -0.25) is 0 Å². The zero-order chi connectivity index (χ0) is 14.2.